The number of thioether (sulfide) groups is 1. The molecular formula is C8H15NOS. The van der Waals surface area contributed by atoms with Gasteiger partial charge in [-0.25, -0.2) is 0 Å². The number of hydrogen-bond donors (Lipinski definition) is 1. The SMILES string of the molecule is NC1CCOC2CCSCC12. The first-order chi connectivity index (χ1) is 5.38. The van der Waals surface area contributed by atoms with Crippen LogP contribution in [-0.2, 0) is 4.74 Å². The van der Waals surface area contributed by atoms with Crippen molar-refractivity contribution in [1.29, 1.82) is 0 Å². The molecule has 2 nitrogen and oxygen atoms in total. The molecule has 0 aliphatic carbocycles. The molecule has 2 fully saturated rings. The van der Waals surface area contributed by atoms with Crippen LogP contribution >= 0.6 is 11.8 Å². The van der Waals surface area contributed by atoms with Gasteiger partial charge < -0.3 is 10.5 Å². The molecule has 0 aromatic heterocycles. The lowest BCUT2D eigenvalue weighted by Crippen LogP contribution is -2.47. The fourth-order valence-corrected chi connectivity index (χ4v) is 3.22. The van der Waals surface area contributed by atoms with Crippen LogP contribution < -0.4 is 5.73 Å². The first kappa shape index (κ1) is 7.90. The van der Waals surface area contributed by atoms with E-state index in [2.05, 4.69) is 0 Å². The van der Waals surface area contributed by atoms with Crippen LogP contribution in [0.1, 0.15) is 12.8 Å². The predicted octanol–water partition coefficient (Wildman–Crippen LogP) is 0.856. The molecule has 0 radical (unpaired) electrons. The smallest absolute Gasteiger partial charge is 0.0633 e. The molecule has 3 atom stereocenters. The number of nitrogens with two attached hydrogens (primary N) is 1. The molecule has 2 N–H and O–H groups in total. The third-order valence-electron chi connectivity index (χ3n) is 2.67. The predicted molar refractivity (Wildman–Crippen MR) is 47.8 cm³/mol. The summed E-state index contributed by atoms with van der Waals surface area (Å²) in [5, 5.41) is 0. The highest BCUT2D eigenvalue weighted by atomic mass is 32.2. The van der Waals surface area contributed by atoms with Gasteiger partial charge in [0.2, 0.25) is 0 Å². The van der Waals surface area contributed by atoms with Crippen molar-refractivity contribution < 1.29 is 4.74 Å². The van der Waals surface area contributed by atoms with Crippen molar-refractivity contribution in [3.05, 3.63) is 0 Å². The molecule has 0 saturated carbocycles. The highest BCUT2D eigenvalue weighted by Crippen LogP contribution is 2.31. The van der Waals surface area contributed by atoms with E-state index in [1.54, 1.807) is 0 Å². The third kappa shape index (κ3) is 1.55. The molecular weight excluding hydrogens is 158 g/mol. The number of rotatable bonds is 0. The van der Waals surface area contributed by atoms with Crippen molar-refractivity contribution in [1.82, 2.24) is 0 Å². The van der Waals surface area contributed by atoms with Gasteiger partial charge in [0.05, 0.1) is 6.10 Å². The molecule has 0 aromatic carbocycles. The monoisotopic (exact) mass is 173 g/mol. The van der Waals surface area contributed by atoms with Crippen molar-refractivity contribution in [2.75, 3.05) is 18.1 Å². The van der Waals surface area contributed by atoms with E-state index in [1.807, 2.05) is 11.8 Å². The minimum absolute atomic E-state index is 0.404. The van der Waals surface area contributed by atoms with Gasteiger partial charge >= 0.3 is 0 Å². The molecule has 64 valence electrons. The highest BCUT2D eigenvalue weighted by molar-refractivity contribution is 7.99. The Balaban J connectivity index is 1.99. The number of ether oxygens (including phenoxy) is 1. The quantitative estimate of drug-likeness (QED) is 0.590. The molecule has 2 saturated heterocycles. The van der Waals surface area contributed by atoms with E-state index in [-0.39, 0.29) is 0 Å². The second kappa shape index (κ2) is 3.33. The zero-order chi connectivity index (χ0) is 7.68. The van der Waals surface area contributed by atoms with Crippen LogP contribution in [0.15, 0.2) is 0 Å². The van der Waals surface area contributed by atoms with Crippen molar-refractivity contribution in [2.45, 2.75) is 25.0 Å². The normalized spacial score (nSPS) is 45.0. The summed E-state index contributed by atoms with van der Waals surface area (Å²) in [5.74, 6) is 3.11. The Morgan fingerprint density at radius 3 is 3.09 bits per heavy atom. The molecule has 2 heterocycles. The Bertz CT molecular complexity index is 140. The van der Waals surface area contributed by atoms with Crippen molar-refractivity contribution in [3.8, 4) is 0 Å². The summed E-state index contributed by atoms with van der Waals surface area (Å²) >= 11 is 2.02. The first-order valence-electron chi connectivity index (χ1n) is 4.33. The Hall–Kier alpha value is 0.270. The summed E-state index contributed by atoms with van der Waals surface area (Å²) in [6.07, 6.45) is 2.75. The largest absolute Gasteiger partial charge is 0.378 e. The molecule has 3 unspecified atom stereocenters. The van der Waals surface area contributed by atoms with Crippen molar-refractivity contribution >= 4 is 11.8 Å². The maximum atomic E-state index is 6.00. The second-order valence-electron chi connectivity index (χ2n) is 3.39. The molecule has 0 spiro atoms. The van der Waals surface area contributed by atoms with E-state index in [0.29, 0.717) is 18.1 Å². The Morgan fingerprint density at radius 1 is 1.36 bits per heavy atom. The summed E-state index contributed by atoms with van der Waals surface area (Å²) in [4.78, 5) is 0. The highest BCUT2D eigenvalue weighted by Gasteiger charge is 2.33. The van der Waals surface area contributed by atoms with Crippen molar-refractivity contribution in [3.63, 3.8) is 0 Å². The minimum atomic E-state index is 0.404. The van der Waals surface area contributed by atoms with Gasteiger partial charge in [0, 0.05) is 24.3 Å². The van der Waals surface area contributed by atoms with E-state index >= 15 is 0 Å². The molecule has 0 amide bonds. The van der Waals surface area contributed by atoms with E-state index in [4.69, 9.17) is 10.5 Å². The van der Waals surface area contributed by atoms with E-state index < -0.39 is 0 Å². The van der Waals surface area contributed by atoms with Gasteiger partial charge in [0.1, 0.15) is 0 Å². The molecule has 3 heteroatoms. The van der Waals surface area contributed by atoms with Crippen LogP contribution in [0.4, 0.5) is 0 Å². The molecule has 2 aliphatic heterocycles. The number of fused-ring (bicyclic) bond motifs is 1. The Labute approximate surface area is 71.9 Å². The maximum Gasteiger partial charge on any atom is 0.0633 e. The average Bonchev–Trinajstić information content (AvgIpc) is 2.06. The van der Waals surface area contributed by atoms with Gasteiger partial charge in [0.25, 0.3) is 0 Å². The molecule has 11 heavy (non-hydrogen) atoms. The summed E-state index contributed by atoms with van der Waals surface area (Å²) in [7, 11) is 0. The first-order valence-corrected chi connectivity index (χ1v) is 5.48. The molecule has 0 aromatic rings. The van der Waals surface area contributed by atoms with E-state index in [0.717, 1.165) is 13.0 Å². The van der Waals surface area contributed by atoms with Gasteiger partial charge in [-0.1, -0.05) is 0 Å². The maximum absolute atomic E-state index is 6.00. The van der Waals surface area contributed by atoms with Crippen LogP contribution in [0.3, 0.4) is 0 Å². The summed E-state index contributed by atoms with van der Waals surface area (Å²) < 4.78 is 5.66. The average molecular weight is 173 g/mol. The lowest BCUT2D eigenvalue weighted by atomic mass is 9.90. The van der Waals surface area contributed by atoms with Crippen molar-refractivity contribution in [2.24, 2.45) is 11.7 Å². The summed E-state index contributed by atoms with van der Waals surface area (Å²) in [6.45, 7) is 0.882. The van der Waals surface area contributed by atoms with Gasteiger partial charge in [-0.05, 0) is 18.6 Å². The third-order valence-corrected chi connectivity index (χ3v) is 3.81. The van der Waals surface area contributed by atoms with Crippen LogP contribution in [0.2, 0.25) is 0 Å². The van der Waals surface area contributed by atoms with Crippen LogP contribution in [0.5, 0.6) is 0 Å². The van der Waals surface area contributed by atoms with Crippen LogP contribution in [0, 0.1) is 5.92 Å². The summed E-state index contributed by atoms with van der Waals surface area (Å²) in [6, 6.07) is 0.404. The molecule has 2 rings (SSSR count). The van der Waals surface area contributed by atoms with Gasteiger partial charge in [0.15, 0.2) is 0 Å². The fourth-order valence-electron chi connectivity index (χ4n) is 1.92. The lowest BCUT2D eigenvalue weighted by Gasteiger charge is -2.39. The zero-order valence-electron chi connectivity index (χ0n) is 6.66. The zero-order valence-corrected chi connectivity index (χ0v) is 7.48. The van der Waals surface area contributed by atoms with Gasteiger partial charge in [-0.3, -0.25) is 0 Å². The number of hydrogen-bond acceptors (Lipinski definition) is 3. The second-order valence-corrected chi connectivity index (χ2v) is 4.54. The minimum Gasteiger partial charge on any atom is -0.378 e. The van der Waals surface area contributed by atoms with Crippen LogP contribution in [0.25, 0.3) is 0 Å². The fraction of sp³-hybridized carbons (Fsp3) is 1.00. The summed E-state index contributed by atoms with van der Waals surface area (Å²) in [5.41, 5.74) is 6.00. The van der Waals surface area contributed by atoms with E-state index in [9.17, 15) is 0 Å². The van der Waals surface area contributed by atoms with Gasteiger partial charge in [-0.15, -0.1) is 0 Å². The molecule has 0 bridgehead atoms. The van der Waals surface area contributed by atoms with Gasteiger partial charge in [-0.2, -0.15) is 11.8 Å². The Morgan fingerprint density at radius 2 is 2.27 bits per heavy atom. The van der Waals surface area contributed by atoms with Crippen LogP contribution in [-0.4, -0.2) is 30.3 Å². The molecule has 2 aliphatic rings. The topological polar surface area (TPSA) is 35.2 Å². The Kier molecular flexibility index (Phi) is 2.39. The van der Waals surface area contributed by atoms with E-state index in [1.165, 1.54) is 17.9 Å². The standard InChI is InChI=1S/C8H15NOS/c9-7-1-3-10-8-2-4-11-5-6(7)8/h6-8H,1-5,9H2. The lowest BCUT2D eigenvalue weighted by molar-refractivity contribution is -0.0314.